The molecule has 136 valence electrons. The van der Waals surface area contributed by atoms with Crippen molar-refractivity contribution in [3.8, 4) is 6.07 Å². The van der Waals surface area contributed by atoms with Gasteiger partial charge in [0.15, 0.2) is 0 Å². The Hall–Kier alpha value is -2.53. The molecule has 0 saturated carbocycles. The second-order valence-electron chi connectivity index (χ2n) is 5.50. The summed E-state index contributed by atoms with van der Waals surface area (Å²) in [6, 6.07) is 14.1. The van der Waals surface area contributed by atoms with E-state index in [0.717, 1.165) is 0 Å². The van der Waals surface area contributed by atoms with Crippen LogP contribution in [0.15, 0.2) is 47.6 Å². The van der Waals surface area contributed by atoms with E-state index in [0.29, 0.717) is 32.7 Å². The van der Waals surface area contributed by atoms with Crippen molar-refractivity contribution in [3.63, 3.8) is 0 Å². The molecular weight excluding hydrogens is 405 g/mol. The average Bonchev–Trinajstić information content (AvgIpc) is 2.65. The molecule has 3 rings (SSSR count). The van der Waals surface area contributed by atoms with Crippen LogP contribution in [0.4, 0.5) is 11.6 Å². The van der Waals surface area contributed by atoms with Gasteiger partial charge in [-0.05, 0) is 42.0 Å². The zero-order valence-corrected chi connectivity index (χ0v) is 16.4. The van der Waals surface area contributed by atoms with Gasteiger partial charge in [0, 0.05) is 28.4 Å². The smallest absolute Gasteiger partial charge is 0.231 e. The van der Waals surface area contributed by atoms with Gasteiger partial charge in [-0.3, -0.25) is 4.21 Å². The molecule has 2 aromatic carbocycles. The minimum Gasteiger partial charge on any atom is -0.324 e. The van der Waals surface area contributed by atoms with E-state index in [-0.39, 0.29) is 17.5 Å². The third-order valence-corrected chi connectivity index (χ3v) is 4.99. The van der Waals surface area contributed by atoms with Crippen LogP contribution in [0, 0.1) is 11.3 Å². The maximum Gasteiger partial charge on any atom is 0.231 e. The van der Waals surface area contributed by atoms with Crippen LogP contribution in [0.1, 0.15) is 17.0 Å². The highest BCUT2D eigenvalue weighted by atomic mass is 35.5. The number of rotatable bonds is 5. The Morgan fingerprint density at radius 2 is 1.74 bits per heavy atom. The first-order valence-electron chi connectivity index (χ1n) is 7.74. The summed E-state index contributed by atoms with van der Waals surface area (Å²) in [5.74, 6) is 0.638. The maximum atomic E-state index is 11.9. The molecule has 1 atom stereocenters. The molecule has 3 aromatic rings. The van der Waals surface area contributed by atoms with Crippen LogP contribution in [-0.4, -0.2) is 25.4 Å². The summed E-state index contributed by atoms with van der Waals surface area (Å²) < 4.78 is 11.9. The third-order valence-electron chi connectivity index (χ3n) is 3.59. The lowest BCUT2D eigenvalue weighted by Crippen LogP contribution is -2.09. The summed E-state index contributed by atoms with van der Waals surface area (Å²) in [6.07, 6.45) is 1.76. The number of hydrogen-bond acceptors (Lipinski definition) is 6. The Morgan fingerprint density at radius 3 is 2.33 bits per heavy atom. The monoisotopic (exact) mass is 417 g/mol. The number of hydrogen-bond donors (Lipinski definition) is 1. The van der Waals surface area contributed by atoms with Crippen LogP contribution >= 0.6 is 23.2 Å². The van der Waals surface area contributed by atoms with Gasteiger partial charge in [-0.15, -0.1) is 0 Å². The Labute approximate surface area is 168 Å². The SMILES string of the molecule is CS(=O)c1nc(Cc2c(Cl)cccc2Cl)nc(Nc2ccc(C#N)cc2)n1. The molecule has 9 heteroatoms. The minimum atomic E-state index is -1.39. The second kappa shape index (κ2) is 8.44. The van der Waals surface area contributed by atoms with E-state index in [9.17, 15) is 4.21 Å². The van der Waals surface area contributed by atoms with Gasteiger partial charge in [0.1, 0.15) is 5.82 Å². The van der Waals surface area contributed by atoms with Crippen molar-refractivity contribution < 1.29 is 4.21 Å². The summed E-state index contributed by atoms with van der Waals surface area (Å²) in [4.78, 5) is 12.8. The summed E-state index contributed by atoms with van der Waals surface area (Å²) in [5, 5.41) is 13.1. The van der Waals surface area contributed by atoms with Gasteiger partial charge in [0.2, 0.25) is 11.1 Å². The molecule has 1 unspecified atom stereocenters. The quantitative estimate of drug-likeness (QED) is 0.670. The maximum absolute atomic E-state index is 11.9. The number of anilines is 2. The Balaban J connectivity index is 1.95. The first-order valence-corrected chi connectivity index (χ1v) is 10.1. The van der Waals surface area contributed by atoms with Crippen LogP contribution in [0.25, 0.3) is 0 Å². The number of aromatic nitrogens is 3. The van der Waals surface area contributed by atoms with E-state index >= 15 is 0 Å². The molecule has 0 aliphatic carbocycles. The molecule has 0 aliphatic heterocycles. The summed E-state index contributed by atoms with van der Waals surface area (Å²) in [7, 11) is -1.39. The fourth-order valence-electron chi connectivity index (χ4n) is 2.28. The molecule has 27 heavy (non-hydrogen) atoms. The minimum absolute atomic E-state index is 0.152. The molecule has 0 radical (unpaired) electrons. The van der Waals surface area contributed by atoms with Crippen LogP contribution < -0.4 is 5.32 Å². The number of benzene rings is 2. The molecule has 0 fully saturated rings. The lowest BCUT2D eigenvalue weighted by Gasteiger charge is -2.10. The summed E-state index contributed by atoms with van der Waals surface area (Å²) in [6.45, 7) is 0. The van der Waals surface area contributed by atoms with Crippen LogP contribution in [0.2, 0.25) is 10.0 Å². The molecule has 0 aliphatic rings. The fraction of sp³-hybridized carbons (Fsp3) is 0.111. The molecule has 0 spiro atoms. The normalized spacial score (nSPS) is 11.6. The Bertz CT molecular complexity index is 1030. The van der Waals surface area contributed by atoms with E-state index in [1.807, 2.05) is 0 Å². The highest BCUT2D eigenvalue weighted by molar-refractivity contribution is 7.84. The standard InChI is InChI=1S/C18H13Cl2N5OS/c1-27(26)18-24-16(9-13-14(19)3-2-4-15(13)20)23-17(25-18)22-12-7-5-11(10-21)6-8-12/h2-8H,9H2,1H3,(H,22,23,24,25). The van der Waals surface area contributed by atoms with Crippen molar-refractivity contribution in [2.45, 2.75) is 11.6 Å². The summed E-state index contributed by atoms with van der Waals surface area (Å²) >= 11 is 12.4. The van der Waals surface area contributed by atoms with Crippen molar-refractivity contribution in [2.24, 2.45) is 0 Å². The number of nitrogens with zero attached hydrogens (tertiary/aromatic N) is 4. The van der Waals surface area contributed by atoms with Crippen molar-refractivity contribution in [2.75, 3.05) is 11.6 Å². The van der Waals surface area contributed by atoms with Crippen molar-refractivity contribution in [1.29, 1.82) is 5.26 Å². The Kier molecular flexibility index (Phi) is 6.01. The van der Waals surface area contributed by atoms with Gasteiger partial charge in [-0.25, -0.2) is 4.98 Å². The predicted molar refractivity (Wildman–Crippen MR) is 106 cm³/mol. The van der Waals surface area contributed by atoms with Gasteiger partial charge >= 0.3 is 0 Å². The fourth-order valence-corrected chi connectivity index (χ4v) is 3.26. The highest BCUT2D eigenvalue weighted by Crippen LogP contribution is 2.26. The van der Waals surface area contributed by atoms with Gasteiger partial charge in [-0.2, -0.15) is 15.2 Å². The van der Waals surface area contributed by atoms with Crippen molar-refractivity contribution in [3.05, 3.63) is 69.5 Å². The lowest BCUT2D eigenvalue weighted by atomic mass is 10.1. The molecular formula is C18H13Cl2N5OS. The van der Waals surface area contributed by atoms with Gasteiger partial charge < -0.3 is 5.32 Å². The van der Waals surface area contributed by atoms with Gasteiger partial charge in [-0.1, -0.05) is 29.3 Å². The van der Waals surface area contributed by atoms with Crippen LogP contribution in [-0.2, 0) is 17.2 Å². The molecule has 1 aromatic heterocycles. The predicted octanol–water partition coefficient (Wildman–Crippen LogP) is 4.12. The van der Waals surface area contributed by atoms with Crippen molar-refractivity contribution in [1.82, 2.24) is 15.0 Å². The van der Waals surface area contributed by atoms with E-state index < -0.39 is 10.8 Å². The molecule has 6 nitrogen and oxygen atoms in total. The van der Waals surface area contributed by atoms with E-state index in [2.05, 4.69) is 26.3 Å². The first kappa shape index (κ1) is 19.2. The third kappa shape index (κ3) is 4.80. The second-order valence-corrected chi connectivity index (χ2v) is 7.59. The number of nitrogens with one attached hydrogen (secondary N) is 1. The molecule has 1 N–H and O–H groups in total. The van der Waals surface area contributed by atoms with Gasteiger partial charge in [0.25, 0.3) is 0 Å². The number of nitriles is 1. The number of halogens is 2. The highest BCUT2D eigenvalue weighted by Gasteiger charge is 2.13. The molecule has 0 amide bonds. The topological polar surface area (TPSA) is 91.6 Å². The summed E-state index contributed by atoms with van der Waals surface area (Å²) in [5.41, 5.74) is 1.92. The Morgan fingerprint density at radius 1 is 1.07 bits per heavy atom. The molecule has 1 heterocycles. The van der Waals surface area contributed by atoms with E-state index in [1.165, 1.54) is 6.26 Å². The van der Waals surface area contributed by atoms with Crippen molar-refractivity contribution >= 4 is 45.6 Å². The van der Waals surface area contributed by atoms with E-state index in [1.54, 1.807) is 42.5 Å². The first-order chi connectivity index (χ1) is 13.0. The zero-order valence-electron chi connectivity index (χ0n) is 14.1. The van der Waals surface area contributed by atoms with Gasteiger partial charge in [0.05, 0.1) is 22.4 Å². The van der Waals surface area contributed by atoms with Crippen LogP contribution in [0.3, 0.4) is 0 Å². The largest absolute Gasteiger partial charge is 0.324 e. The van der Waals surface area contributed by atoms with E-state index in [4.69, 9.17) is 28.5 Å². The molecule has 0 saturated heterocycles. The average molecular weight is 418 g/mol. The lowest BCUT2D eigenvalue weighted by molar-refractivity contribution is 0.676. The zero-order chi connectivity index (χ0) is 19.4. The molecule has 0 bridgehead atoms. The van der Waals surface area contributed by atoms with Crippen LogP contribution in [0.5, 0.6) is 0 Å².